The van der Waals surface area contributed by atoms with E-state index in [0.717, 1.165) is 31.5 Å². The van der Waals surface area contributed by atoms with Gasteiger partial charge in [-0.3, -0.25) is 9.89 Å². The third-order valence-corrected chi connectivity index (χ3v) is 5.19. The van der Waals surface area contributed by atoms with E-state index in [1.807, 2.05) is 7.05 Å². The Balaban J connectivity index is 1.45. The number of hydrogen-bond donors (Lipinski definition) is 2. The summed E-state index contributed by atoms with van der Waals surface area (Å²) in [4.78, 5) is 7.07. The molecule has 0 radical (unpaired) electrons. The van der Waals surface area contributed by atoms with Gasteiger partial charge in [0.25, 0.3) is 0 Å². The molecule has 1 aliphatic heterocycles. The first-order valence-corrected chi connectivity index (χ1v) is 9.35. The van der Waals surface area contributed by atoms with Crippen molar-refractivity contribution < 1.29 is 0 Å². The van der Waals surface area contributed by atoms with E-state index >= 15 is 0 Å². The fraction of sp³-hybridized carbons (Fsp3) is 0.650. The van der Waals surface area contributed by atoms with Gasteiger partial charge in [-0.15, -0.1) is 0 Å². The molecule has 2 aliphatic rings. The van der Waals surface area contributed by atoms with E-state index in [9.17, 15) is 0 Å². The Kier molecular flexibility index (Phi) is 5.44. The second-order valence-corrected chi connectivity index (χ2v) is 7.60. The van der Waals surface area contributed by atoms with Crippen LogP contribution in [0.1, 0.15) is 42.9 Å². The number of rotatable bonds is 5. The molecule has 1 aliphatic carbocycles. The van der Waals surface area contributed by atoms with Crippen LogP contribution in [-0.2, 0) is 6.42 Å². The lowest BCUT2D eigenvalue weighted by Crippen LogP contribution is -2.45. The maximum Gasteiger partial charge on any atom is 0.191 e. The Labute approximate surface area is 146 Å². The van der Waals surface area contributed by atoms with Crippen LogP contribution >= 0.6 is 0 Å². The molecule has 0 aromatic heterocycles. The summed E-state index contributed by atoms with van der Waals surface area (Å²) in [6.07, 6.45) is 5.02. The number of benzene rings is 1. The molecule has 1 aromatic carbocycles. The van der Waals surface area contributed by atoms with Crippen molar-refractivity contribution in [3.8, 4) is 0 Å². The molecule has 3 rings (SSSR count). The maximum absolute atomic E-state index is 4.40. The summed E-state index contributed by atoms with van der Waals surface area (Å²) >= 11 is 0. The Morgan fingerprint density at radius 1 is 1.21 bits per heavy atom. The van der Waals surface area contributed by atoms with Crippen LogP contribution in [0.5, 0.6) is 0 Å². The molecule has 4 nitrogen and oxygen atoms in total. The highest BCUT2D eigenvalue weighted by Gasteiger charge is 2.38. The van der Waals surface area contributed by atoms with Crippen molar-refractivity contribution >= 4 is 5.96 Å². The highest BCUT2D eigenvalue weighted by Crippen LogP contribution is 2.33. The monoisotopic (exact) mass is 328 g/mol. The van der Waals surface area contributed by atoms with Crippen LogP contribution in [-0.4, -0.2) is 49.1 Å². The number of guanidine groups is 1. The van der Waals surface area contributed by atoms with Gasteiger partial charge in [-0.05, 0) is 52.0 Å². The molecule has 0 bridgehead atoms. The van der Waals surface area contributed by atoms with Gasteiger partial charge in [-0.25, -0.2) is 0 Å². The Morgan fingerprint density at radius 3 is 2.54 bits per heavy atom. The molecule has 1 saturated carbocycles. The molecule has 4 heteroatoms. The first-order chi connectivity index (χ1) is 11.5. The minimum atomic E-state index is 0.521. The lowest BCUT2D eigenvalue weighted by molar-refractivity contribution is 0.256. The topological polar surface area (TPSA) is 39.7 Å². The van der Waals surface area contributed by atoms with Gasteiger partial charge >= 0.3 is 0 Å². The summed E-state index contributed by atoms with van der Waals surface area (Å²) in [5, 5.41) is 7.09. The van der Waals surface area contributed by atoms with E-state index in [2.05, 4.69) is 59.5 Å². The molecule has 0 spiro atoms. The lowest BCUT2D eigenvalue weighted by atomic mass is 10.1. The molecule has 2 N–H and O–H groups in total. The van der Waals surface area contributed by atoms with E-state index in [4.69, 9.17) is 0 Å². The van der Waals surface area contributed by atoms with Gasteiger partial charge in [-0.2, -0.15) is 0 Å². The summed E-state index contributed by atoms with van der Waals surface area (Å²) < 4.78 is 0. The smallest absolute Gasteiger partial charge is 0.191 e. The van der Waals surface area contributed by atoms with Gasteiger partial charge in [0.05, 0.1) is 0 Å². The molecule has 1 heterocycles. The summed E-state index contributed by atoms with van der Waals surface area (Å²) in [6.45, 7) is 8.76. The van der Waals surface area contributed by atoms with Crippen LogP contribution in [0, 0.1) is 13.8 Å². The normalized spacial score (nSPS) is 25.1. The first-order valence-electron chi connectivity index (χ1n) is 9.35. The van der Waals surface area contributed by atoms with Crippen molar-refractivity contribution in [2.75, 3.05) is 20.1 Å². The molecular weight excluding hydrogens is 296 g/mol. The fourth-order valence-corrected chi connectivity index (χ4v) is 4.00. The molecule has 1 saturated heterocycles. The van der Waals surface area contributed by atoms with Crippen LogP contribution in [0.15, 0.2) is 23.2 Å². The quantitative estimate of drug-likeness (QED) is 0.645. The van der Waals surface area contributed by atoms with Crippen molar-refractivity contribution in [2.24, 2.45) is 4.99 Å². The Bertz CT molecular complexity index is 571. The van der Waals surface area contributed by atoms with Gasteiger partial charge in [-0.1, -0.05) is 29.3 Å². The van der Waals surface area contributed by atoms with Crippen LogP contribution < -0.4 is 10.6 Å². The van der Waals surface area contributed by atoms with E-state index in [1.54, 1.807) is 0 Å². The number of likely N-dealkylation sites (tertiary alicyclic amines) is 1. The number of aryl methyl sites for hydroxylation is 2. The molecule has 2 fully saturated rings. The molecule has 0 amide bonds. The summed E-state index contributed by atoms with van der Waals surface area (Å²) in [5.41, 5.74) is 4.07. The highest BCUT2D eigenvalue weighted by molar-refractivity contribution is 5.80. The van der Waals surface area contributed by atoms with Crippen molar-refractivity contribution in [2.45, 2.75) is 64.6 Å². The zero-order valence-electron chi connectivity index (χ0n) is 15.6. The van der Waals surface area contributed by atoms with Crippen molar-refractivity contribution in [3.63, 3.8) is 0 Å². The van der Waals surface area contributed by atoms with Gasteiger partial charge in [0.1, 0.15) is 0 Å². The second-order valence-electron chi connectivity index (χ2n) is 7.60. The lowest BCUT2D eigenvalue weighted by Gasteiger charge is -2.20. The van der Waals surface area contributed by atoms with E-state index in [-0.39, 0.29) is 0 Å². The van der Waals surface area contributed by atoms with Crippen molar-refractivity contribution in [1.29, 1.82) is 0 Å². The average Bonchev–Trinajstić information content (AvgIpc) is 3.29. The minimum Gasteiger partial charge on any atom is -0.356 e. The predicted molar refractivity (Wildman–Crippen MR) is 102 cm³/mol. The number of nitrogens with one attached hydrogen (secondary N) is 2. The average molecular weight is 329 g/mol. The first kappa shape index (κ1) is 17.3. The van der Waals surface area contributed by atoms with Crippen molar-refractivity contribution in [1.82, 2.24) is 15.5 Å². The number of hydrogen-bond acceptors (Lipinski definition) is 2. The van der Waals surface area contributed by atoms with Gasteiger partial charge < -0.3 is 10.6 Å². The standard InChI is InChI=1S/C20H32N4/c1-14-9-15(2)11-17(10-14)7-8-22-20(21-4)23-18-12-16(3)24(13-18)19-5-6-19/h9-11,16,18-19H,5-8,12-13H2,1-4H3,(H2,21,22,23). The van der Waals surface area contributed by atoms with Crippen LogP contribution in [0.25, 0.3) is 0 Å². The van der Waals surface area contributed by atoms with E-state index in [1.165, 1.54) is 36.0 Å². The summed E-state index contributed by atoms with van der Waals surface area (Å²) in [7, 11) is 1.86. The zero-order valence-corrected chi connectivity index (χ0v) is 15.6. The van der Waals surface area contributed by atoms with Crippen molar-refractivity contribution in [3.05, 3.63) is 34.9 Å². The number of aliphatic imine (C=N–C) groups is 1. The minimum absolute atomic E-state index is 0.521. The predicted octanol–water partition coefficient (Wildman–Crippen LogP) is 2.64. The third kappa shape index (κ3) is 4.50. The van der Waals surface area contributed by atoms with E-state index < -0.39 is 0 Å². The van der Waals surface area contributed by atoms with Crippen LogP contribution in [0.2, 0.25) is 0 Å². The zero-order chi connectivity index (χ0) is 17.1. The number of nitrogens with zero attached hydrogens (tertiary/aromatic N) is 2. The largest absolute Gasteiger partial charge is 0.356 e. The van der Waals surface area contributed by atoms with Crippen LogP contribution in [0.3, 0.4) is 0 Å². The van der Waals surface area contributed by atoms with Gasteiger partial charge in [0.15, 0.2) is 5.96 Å². The molecular formula is C20H32N4. The highest BCUT2D eigenvalue weighted by atomic mass is 15.3. The third-order valence-electron chi connectivity index (χ3n) is 5.19. The summed E-state index contributed by atoms with van der Waals surface area (Å²) in [6, 6.07) is 8.85. The molecule has 132 valence electrons. The maximum atomic E-state index is 4.40. The SMILES string of the molecule is CN=C(NCCc1cc(C)cc(C)c1)NC1CC(C)N(C2CC2)C1. The molecule has 24 heavy (non-hydrogen) atoms. The summed E-state index contributed by atoms with van der Waals surface area (Å²) in [5.74, 6) is 0.939. The molecule has 1 aromatic rings. The van der Waals surface area contributed by atoms with E-state index in [0.29, 0.717) is 12.1 Å². The molecule has 2 unspecified atom stereocenters. The Morgan fingerprint density at radius 2 is 1.92 bits per heavy atom. The fourth-order valence-electron chi connectivity index (χ4n) is 4.00. The Hall–Kier alpha value is -1.55. The van der Waals surface area contributed by atoms with Crippen LogP contribution in [0.4, 0.5) is 0 Å². The second kappa shape index (κ2) is 7.56. The van der Waals surface area contributed by atoms with Gasteiger partial charge in [0, 0.05) is 38.3 Å². The molecule has 2 atom stereocenters. The van der Waals surface area contributed by atoms with Gasteiger partial charge in [0.2, 0.25) is 0 Å².